The van der Waals surface area contributed by atoms with Crippen LogP contribution < -0.4 is 11.3 Å². The van der Waals surface area contributed by atoms with Crippen LogP contribution in [-0.4, -0.2) is 28.9 Å². The molecule has 2 rings (SSSR count). The van der Waals surface area contributed by atoms with Crippen molar-refractivity contribution in [2.75, 3.05) is 5.75 Å². The van der Waals surface area contributed by atoms with E-state index < -0.39 is 0 Å². The molecule has 1 aromatic heterocycles. The second-order valence-electron chi connectivity index (χ2n) is 3.90. The molecule has 17 heavy (non-hydrogen) atoms. The highest BCUT2D eigenvalue weighted by Gasteiger charge is 2.30. The summed E-state index contributed by atoms with van der Waals surface area (Å²) in [5.41, 5.74) is 3.17. The van der Waals surface area contributed by atoms with Crippen LogP contribution in [0.25, 0.3) is 0 Å². The van der Waals surface area contributed by atoms with Crippen LogP contribution in [0.3, 0.4) is 0 Å². The standard InChI is InChI=1S/C10H15N3O2S2/c1-6-4-16-10(12-6)17-5-7-2-3-8(15-7)9(14)13-11/h4,7-8H,2-3,5,11H2,1H3,(H,13,14). The van der Waals surface area contributed by atoms with E-state index in [-0.39, 0.29) is 18.1 Å². The molecule has 1 amide bonds. The van der Waals surface area contributed by atoms with Gasteiger partial charge in [0.2, 0.25) is 0 Å². The average Bonchev–Trinajstić information content (AvgIpc) is 2.94. The molecule has 0 aliphatic carbocycles. The maximum Gasteiger partial charge on any atom is 0.263 e. The van der Waals surface area contributed by atoms with Crippen LogP contribution in [0, 0.1) is 6.92 Å². The summed E-state index contributed by atoms with van der Waals surface area (Å²) < 4.78 is 6.66. The number of nitrogens with zero attached hydrogens (tertiary/aromatic N) is 1. The fraction of sp³-hybridized carbons (Fsp3) is 0.600. The number of rotatable bonds is 4. The second-order valence-corrected chi connectivity index (χ2v) is 6.02. The van der Waals surface area contributed by atoms with E-state index in [9.17, 15) is 4.79 Å². The number of thioether (sulfide) groups is 1. The van der Waals surface area contributed by atoms with Crippen LogP contribution in [0.4, 0.5) is 0 Å². The summed E-state index contributed by atoms with van der Waals surface area (Å²) in [4.78, 5) is 15.6. The molecule has 1 aliphatic heterocycles. The van der Waals surface area contributed by atoms with E-state index >= 15 is 0 Å². The summed E-state index contributed by atoms with van der Waals surface area (Å²) in [5.74, 6) is 5.67. The Kier molecular flexibility index (Phi) is 4.38. The number of carbonyl (C=O) groups is 1. The molecule has 0 radical (unpaired) electrons. The van der Waals surface area contributed by atoms with Gasteiger partial charge in [-0.1, -0.05) is 11.8 Å². The molecule has 3 N–H and O–H groups in total. The third kappa shape index (κ3) is 3.41. The number of hydrogen-bond acceptors (Lipinski definition) is 6. The maximum atomic E-state index is 11.3. The predicted molar refractivity (Wildman–Crippen MR) is 67.8 cm³/mol. The van der Waals surface area contributed by atoms with Gasteiger partial charge >= 0.3 is 0 Å². The van der Waals surface area contributed by atoms with E-state index in [1.165, 1.54) is 0 Å². The molecule has 0 spiro atoms. The summed E-state index contributed by atoms with van der Waals surface area (Å²) in [7, 11) is 0. The van der Waals surface area contributed by atoms with Gasteiger partial charge in [0.25, 0.3) is 5.91 Å². The fourth-order valence-corrected chi connectivity index (χ4v) is 3.60. The Morgan fingerprint density at radius 2 is 2.59 bits per heavy atom. The number of nitrogens with two attached hydrogens (primary N) is 1. The van der Waals surface area contributed by atoms with Crippen LogP contribution in [0.15, 0.2) is 9.72 Å². The quantitative estimate of drug-likeness (QED) is 0.371. The molecule has 94 valence electrons. The number of thiazole rings is 1. The molecule has 0 bridgehead atoms. The van der Waals surface area contributed by atoms with E-state index in [2.05, 4.69) is 10.4 Å². The highest BCUT2D eigenvalue weighted by molar-refractivity contribution is 8.01. The normalized spacial score (nSPS) is 23.9. The van der Waals surface area contributed by atoms with Gasteiger partial charge in [0.1, 0.15) is 10.4 Å². The molecule has 1 aromatic rings. The Balaban J connectivity index is 1.76. The van der Waals surface area contributed by atoms with Crippen molar-refractivity contribution >= 4 is 29.0 Å². The van der Waals surface area contributed by atoms with Crippen molar-refractivity contribution in [3.8, 4) is 0 Å². The topological polar surface area (TPSA) is 77.2 Å². The molecule has 1 aliphatic rings. The van der Waals surface area contributed by atoms with Gasteiger partial charge in [0.15, 0.2) is 0 Å². The van der Waals surface area contributed by atoms with E-state index in [0.29, 0.717) is 0 Å². The lowest BCUT2D eigenvalue weighted by Crippen LogP contribution is -2.39. The Labute approximate surface area is 108 Å². The van der Waals surface area contributed by atoms with Gasteiger partial charge in [-0.25, -0.2) is 10.8 Å². The number of carbonyl (C=O) groups excluding carboxylic acids is 1. The lowest BCUT2D eigenvalue weighted by atomic mass is 10.2. The number of aryl methyl sites for hydroxylation is 1. The third-order valence-electron chi connectivity index (χ3n) is 2.53. The summed E-state index contributed by atoms with van der Waals surface area (Å²) >= 11 is 3.32. The molecule has 7 heteroatoms. The molecule has 2 heterocycles. The van der Waals surface area contributed by atoms with E-state index in [1.807, 2.05) is 12.3 Å². The minimum absolute atomic E-state index is 0.117. The van der Waals surface area contributed by atoms with Crippen molar-refractivity contribution in [2.24, 2.45) is 5.84 Å². The second kappa shape index (κ2) is 5.81. The molecule has 2 atom stereocenters. The van der Waals surface area contributed by atoms with Crippen molar-refractivity contribution in [3.63, 3.8) is 0 Å². The molecule has 1 saturated heterocycles. The largest absolute Gasteiger partial charge is 0.364 e. The van der Waals surface area contributed by atoms with Gasteiger partial charge in [-0.3, -0.25) is 10.2 Å². The molecule has 1 fully saturated rings. The fourth-order valence-electron chi connectivity index (χ4n) is 1.68. The molecular weight excluding hydrogens is 258 g/mol. The monoisotopic (exact) mass is 273 g/mol. The SMILES string of the molecule is Cc1csc(SCC2CCC(C(=O)NN)O2)n1. The Hall–Kier alpha value is -0.630. The van der Waals surface area contributed by atoms with Crippen molar-refractivity contribution < 1.29 is 9.53 Å². The van der Waals surface area contributed by atoms with Crippen LogP contribution in [0.5, 0.6) is 0 Å². The number of ether oxygens (including phenoxy) is 1. The molecule has 5 nitrogen and oxygen atoms in total. The van der Waals surface area contributed by atoms with Crippen molar-refractivity contribution in [1.82, 2.24) is 10.4 Å². The number of amides is 1. The number of hydrogen-bond donors (Lipinski definition) is 2. The van der Waals surface area contributed by atoms with E-state index in [1.54, 1.807) is 23.1 Å². The van der Waals surface area contributed by atoms with Gasteiger partial charge in [0.05, 0.1) is 6.10 Å². The van der Waals surface area contributed by atoms with Crippen molar-refractivity contribution in [1.29, 1.82) is 0 Å². The Morgan fingerprint density at radius 1 is 1.76 bits per heavy atom. The van der Waals surface area contributed by atoms with Crippen LogP contribution in [-0.2, 0) is 9.53 Å². The molecule has 2 unspecified atom stereocenters. The van der Waals surface area contributed by atoms with Crippen molar-refractivity contribution in [2.45, 2.75) is 36.3 Å². The van der Waals surface area contributed by atoms with Gasteiger partial charge in [-0.2, -0.15) is 0 Å². The van der Waals surface area contributed by atoms with Gasteiger partial charge in [-0.15, -0.1) is 11.3 Å². The number of aromatic nitrogens is 1. The van der Waals surface area contributed by atoms with Crippen LogP contribution in [0.1, 0.15) is 18.5 Å². The first-order valence-electron chi connectivity index (χ1n) is 5.40. The van der Waals surface area contributed by atoms with Gasteiger partial charge in [0, 0.05) is 16.8 Å². The zero-order chi connectivity index (χ0) is 12.3. The molecular formula is C10H15N3O2S2. The highest BCUT2D eigenvalue weighted by atomic mass is 32.2. The van der Waals surface area contributed by atoms with Crippen LogP contribution in [0.2, 0.25) is 0 Å². The van der Waals surface area contributed by atoms with Gasteiger partial charge in [-0.05, 0) is 19.8 Å². The first-order valence-corrected chi connectivity index (χ1v) is 7.26. The summed E-state index contributed by atoms with van der Waals surface area (Å²) in [5, 5.41) is 2.03. The average molecular weight is 273 g/mol. The Morgan fingerprint density at radius 3 is 3.24 bits per heavy atom. The molecule has 0 saturated carbocycles. The zero-order valence-electron chi connectivity index (χ0n) is 9.51. The number of hydrazine groups is 1. The van der Waals surface area contributed by atoms with Gasteiger partial charge < -0.3 is 4.74 Å². The lowest BCUT2D eigenvalue weighted by molar-refractivity contribution is -0.131. The minimum atomic E-state index is -0.386. The summed E-state index contributed by atoms with van der Waals surface area (Å²) in [6.07, 6.45) is 1.37. The predicted octanol–water partition coefficient (Wildman–Crippen LogP) is 1.08. The Bertz CT molecular complexity index is 397. The zero-order valence-corrected chi connectivity index (χ0v) is 11.1. The van der Waals surface area contributed by atoms with Crippen molar-refractivity contribution in [3.05, 3.63) is 11.1 Å². The van der Waals surface area contributed by atoms with E-state index in [4.69, 9.17) is 10.6 Å². The highest BCUT2D eigenvalue weighted by Crippen LogP contribution is 2.28. The van der Waals surface area contributed by atoms with Crippen LogP contribution >= 0.6 is 23.1 Å². The number of nitrogens with one attached hydrogen (secondary N) is 1. The van der Waals surface area contributed by atoms with E-state index in [0.717, 1.165) is 28.6 Å². The smallest absolute Gasteiger partial charge is 0.263 e. The first kappa shape index (κ1) is 12.8. The summed E-state index contributed by atoms with van der Waals surface area (Å²) in [6.45, 7) is 1.98. The maximum absolute atomic E-state index is 11.3. The first-order chi connectivity index (χ1) is 8.19. The summed E-state index contributed by atoms with van der Waals surface area (Å²) in [6, 6.07) is 0. The third-order valence-corrected chi connectivity index (χ3v) is 4.80. The molecule has 0 aromatic carbocycles. The minimum Gasteiger partial charge on any atom is -0.364 e. The lowest BCUT2D eigenvalue weighted by Gasteiger charge is -2.11.